The zero-order valence-corrected chi connectivity index (χ0v) is 15.3. The van der Waals surface area contributed by atoms with Crippen LogP contribution in [0.4, 0.5) is 0 Å². The van der Waals surface area contributed by atoms with Crippen LogP contribution in [0.25, 0.3) is 0 Å². The van der Waals surface area contributed by atoms with Gasteiger partial charge in [0.2, 0.25) is 0 Å². The molecule has 4 heteroatoms. The van der Waals surface area contributed by atoms with Crippen LogP contribution < -0.4 is 4.74 Å². The van der Waals surface area contributed by atoms with Crippen molar-refractivity contribution in [1.82, 2.24) is 9.55 Å². The van der Waals surface area contributed by atoms with Gasteiger partial charge in [0.25, 0.3) is 0 Å². The summed E-state index contributed by atoms with van der Waals surface area (Å²) in [6, 6.07) is 8.76. The van der Waals surface area contributed by atoms with Crippen LogP contribution in [0, 0.1) is 17.8 Å². The zero-order chi connectivity index (χ0) is 17.6. The molecule has 2 aromatic rings. The lowest BCUT2D eigenvalue weighted by molar-refractivity contribution is -0.00522. The van der Waals surface area contributed by atoms with Gasteiger partial charge in [0.1, 0.15) is 18.5 Å². The maximum atomic E-state index is 10.1. The Morgan fingerprint density at radius 2 is 1.73 bits per heavy atom. The number of aliphatic hydroxyl groups is 1. The fraction of sp³-hybridized carbons (Fsp3) is 0.591. The van der Waals surface area contributed by atoms with Crippen LogP contribution in [0.2, 0.25) is 0 Å². The number of imidazole rings is 1. The molecule has 0 spiro atoms. The normalized spacial score (nSPS) is 33.3. The number of benzene rings is 1. The first-order chi connectivity index (χ1) is 12.7. The van der Waals surface area contributed by atoms with E-state index in [4.69, 9.17) is 4.74 Å². The van der Waals surface area contributed by atoms with Crippen molar-refractivity contribution in [2.45, 2.75) is 56.6 Å². The number of aromatic nitrogens is 2. The molecule has 0 unspecified atom stereocenters. The Labute approximate surface area is 155 Å². The standard InChI is InChI=1S/C22H28N2O2/c25-20(13-24-6-5-23-15-24)14-26-21-3-1-19(2-4-21)22-10-16-7-17(11-22)9-18(8-16)12-22/h1-6,15-18,20,25H,7-14H2/t16?,17?,18?,20-,22?/m1/s1. The molecule has 1 heterocycles. The van der Waals surface area contributed by atoms with Crippen LogP contribution in [-0.2, 0) is 12.0 Å². The second kappa shape index (κ2) is 6.41. The predicted molar refractivity (Wildman–Crippen MR) is 100 cm³/mol. The van der Waals surface area contributed by atoms with Gasteiger partial charge < -0.3 is 14.4 Å². The summed E-state index contributed by atoms with van der Waals surface area (Å²) in [6.45, 7) is 0.806. The van der Waals surface area contributed by atoms with Crippen LogP contribution in [0.5, 0.6) is 5.75 Å². The van der Waals surface area contributed by atoms with E-state index >= 15 is 0 Å². The molecule has 1 N–H and O–H groups in total. The van der Waals surface area contributed by atoms with Crippen molar-refractivity contribution in [3.63, 3.8) is 0 Å². The molecule has 4 nitrogen and oxygen atoms in total. The van der Waals surface area contributed by atoms with E-state index in [1.54, 1.807) is 12.5 Å². The molecule has 4 bridgehead atoms. The van der Waals surface area contributed by atoms with Gasteiger partial charge in [-0.25, -0.2) is 4.98 Å². The highest BCUT2D eigenvalue weighted by Crippen LogP contribution is 2.60. The van der Waals surface area contributed by atoms with Gasteiger partial charge in [-0.15, -0.1) is 0 Å². The predicted octanol–water partition coefficient (Wildman–Crippen LogP) is 3.79. The minimum atomic E-state index is -0.535. The lowest BCUT2D eigenvalue weighted by Gasteiger charge is -2.57. The quantitative estimate of drug-likeness (QED) is 0.860. The second-order valence-electron chi connectivity index (χ2n) is 8.95. The van der Waals surface area contributed by atoms with Gasteiger partial charge in [-0.05, 0) is 79.4 Å². The molecular formula is C22H28N2O2. The highest BCUT2D eigenvalue weighted by molar-refractivity contribution is 5.34. The SMILES string of the molecule is O[C@@H](COc1ccc(C23CC4CC(CC(C4)C2)C3)cc1)Cn1ccnc1. The zero-order valence-electron chi connectivity index (χ0n) is 15.3. The molecule has 4 fully saturated rings. The van der Waals surface area contributed by atoms with E-state index in [2.05, 4.69) is 29.2 Å². The molecule has 0 amide bonds. The van der Waals surface area contributed by atoms with Crippen molar-refractivity contribution in [1.29, 1.82) is 0 Å². The minimum Gasteiger partial charge on any atom is -0.491 e. The Balaban J connectivity index is 1.22. The summed E-state index contributed by atoms with van der Waals surface area (Å²) in [5.74, 6) is 3.75. The maximum Gasteiger partial charge on any atom is 0.119 e. The summed E-state index contributed by atoms with van der Waals surface area (Å²) in [4.78, 5) is 3.99. The highest BCUT2D eigenvalue weighted by atomic mass is 16.5. The summed E-state index contributed by atoms with van der Waals surface area (Å²) in [5, 5.41) is 10.1. The maximum absolute atomic E-state index is 10.1. The number of hydrogen-bond acceptors (Lipinski definition) is 3. The molecule has 1 aromatic heterocycles. The first kappa shape index (κ1) is 16.4. The van der Waals surface area contributed by atoms with Crippen LogP contribution in [0.15, 0.2) is 43.0 Å². The molecule has 4 saturated carbocycles. The van der Waals surface area contributed by atoms with Gasteiger partial charge in [-0.1, -0.05) is 12.1 Å². The number of hydrogen-bond donors (Lipinski definition) is 1. The monoisotopic (exact) mass is 352 g/mol. The van der Waals surface area contributed by atoms with Gasteiger partial charge in [0, 0.05) is 12.4 Å². The van der Waals surface area contributed by atoms with E-state index in [1.165, 1.54) is 44.1 Å². The lowest BCUT2D eigenvalue weighted by Crippen LogP contribution is -2.48. The molecule has 1 atom stereocenters. The molecule has 4 aliphatic rings. The van der Waals surface area contributed by atoms with Gasteiger partial charge in [-0.2, -0.15) is 0 Å². The van der Waals surface area contributed by atoms with Crippen molar-refractivity contribution in [2.24, 2.45) is 17.8 Å². The molecule has 0 radical (unpaired) electrons. The van der Waals surface area contributed by atoms with E-state index in [1.807, 2.05) is 10.8 Å². The third kappa shape index (κ3) is 3.05. The Bertz CT molecular complexity index is 703. The fourth-order valence-electron chi connectivity index (χ4n) is 6.25. The van der Waals surface area contributed by atoms with E-state index in [9.17, 15) is 5.11 Å². The molecule has 0 aliphatic heterocycles. The molecule has 26 heavy (non-hydrogen) atoms. The van der Waals surface area contributed by atoms with Crippen molar-refractivity contribution < 1.29 is 9.84 Å². The Hall–Kier alpha value is -1.81. The van der Waals surface area contributed by atoms with E-state index in [-0.39, 0.29) is 0 Å². The number of nitrogens with zero attached hydrogens (tertiary/aromatic N) is 2. The topological polar surface area (TPSA) is 47.3 Å². The van der Waals surface area contributed by atoms with Crippen LogP contribution in [0.3, 0.4) is 0 Å². The van der Waals surface area contributed by atoms with Gasteiger partial charge in [0.15, 0.2) is 0 Å². The lowest BCUT2D eigenvalue weighted by atomic mass is 9.48. The van der Waals surface area contributed by atoms with Crippen LogP contribution in [-0.4, -0.2) is 27.4 Å². The van der Waals surface area contributed by atoms with Gasteiger partial charge in [0.05, 0.1) is 12.9 Å². The summed E-state index contributed by atoms with van der Waals surface area (Å²) in [6.07, 6.45) is 13.4. The Morgan fingerprint density at radius 1 is 1.08 bits per heavy atom. The minimum absolute atomic E-state index is 0.300. The number of rotatable bonds is 6. The van der Waals surface area contributed by atoms with E-state index < -0.39 is 6.10 Å². The van der Waals surface area contributed by atoms with Crippen molar-refractivity contribution in [3.05, 3.63) is 48.5 Å². The van der Waals surface area contributed by atoms with Gasteiger partial charge in [-0.3, -0.25) is 0 Å². The van der Waals surface area contributed by atoms with Crippen LogP contribution >= 0.6 is 0 Å². The second-order valence-corrected chi connectivity index (χ2v) is 8.95. The van der Waals surface area contributed by atoms with E-state index in [0.29, 0.717) is 18.6 Å². The molecule has 1 aromatic carbocycles. The summed E-state index contributed by atoms with van der Waals surface area (Å²) >= 11 is 0. The average Bonchev–Trinajstić information content (AvgIpc) is 3.12. The largest absolute Gasteiger partial charge is 0.491 e. The third-order valence-electron chi connectivity index (χ3n) is 6.93. The number of aliphatic hydroxyl groups excluding tert-OH is 1. The molecular weight excluding hydrogens is 324 g/mol. The molecule has 0 saturated heterocycles. The fourth-order valence-corrected chi connectivity index (χ4v) is 6.25. The first-order valence-electron chi connectivity index (χ1n) is 10.1. The van der Waals surface area contributed by atoms with Gasteiger partial charge >= 0.3 is 0 Å². The first-order valence-corrected chi connectivity index (χ1v) is 10.1. The molecule has 138 valence electrons. The Morgan fingerprint density at radius 3 is 2.31 bits per heavy atom. The molecule has 6 rings (SSSR count). The summed E-state index contributed by atoms with van der Waals surface area (Å²) < 4.78 is 7.67. The van der Waals surface area contributed by atoms with Crippen molar-refractivity contribution in [3.8, 4) is 5.75 Å². The summed E-state index contributed by atoms with van der Waals surface area (Å²) in [5.41, 5.74) is 1.96. The summed E-state index contributed by atoms with van der Waals surface area (Å²) in [7, 11) is 0. The van der Waals surface area contributed by atoms with Crippen molar-refractivity contribution >= 4 is 0 Å². The smallest absolute Gasteiger partial charge is 0.119 e. The Kier molecular flexibility index (Phi) is 4.04. The average molecular weight is 352 g/mol. The third-order valence-corrected chi connectivity index (χ3v) is 6.93. The van der Waals surface area contributed by atoms with Crippen LogP contribution in [0.1, 0.15) is 44.1 Å². The number of ether oxygens (including phenoxy) is 1. The molecule has 4 aliphatic carbocycles. The highest BCUT2D eigenvalue weighted by Gasteiger charge is 2.51. The van der Waals surface area contributed by atoms with Crippen molar-refractivity contribution in [2.75, 3.05) is 6.61 Å². The van der Waals surface area contributed by atoms with E-state index in [0.717, 1.165) is 23.5 Å².